The first-order valence-corrected chi connectivity index (χ1v) is 16.4. The number of likely N-dealkylation sites (N-methyl/N-ethyl adjacent to an activating group) is 2. The van der Waals surface area contributed by atoms with Gasteiger partial charge >= 0.3 is 0 Å². The summed E-state index contributed by atoms with van der Waals surface area (Å²) in [4.78, 5) is 9.22. The molecule has 7 N–H and O–H groups in total. The number of nitrogens with one attached hydrogen (secondary N) is 3. The van der Waals surface area contributed by atoms with Crippen molar-refractivity contribution in [2.45, 2.75) is 113 Å². The lowest BCUT2D eigenvalue weighted by molar-refractivity contribution is -0.131. The van der Waals surface area contributed by atoms with Crippen LogP contribution in [0.25, 0.3) is 0 Å². The van der Waals surface area contributed by atoms with E-state index in [-0.39, 0.29) is 18.4 Å². The van der Waals surface area contributed by atoms with Gasteiger partial charge in [0.1, 0.15) is 24.5 Å². The summed E-state index contributed by atoms with van der Waals surface area (Å²) in [6.07, 6.45) is 6.15. The van der Waals surface area contributed by atoms with Crippen molar-refractivity contribution in [2.24, 2.45) is 11.7 Å². The van der Waals surface area contributed by atoms with Gasteiger partial charge in [-0.25, -0.2) is 4.90 Å². The Morgan fingerprint density at radius 2 is 1.90 bits per heavy atom. The fourth-order valence-corrected chi connectivity index (χ4v) is 8.29. The molecule has 2 aliphatic carbocycles. The Balaban J connectivity index is 0.877. The summed E-state index contributed by atoms with van der Waals surface area (Å²) in [6.45, 7) is 4.87. The lowest BCUT2D eigenvalue weighted by atomic mass is 9.76. The minimum absolute atomic E-state index is 0.0213. The molecule has 1 aromatic rings. The quantitative estimate of drug-likeness (QED) is 0.247. The summed E-state index contributed by atoms with van der Waals surface area (Å²) < 4.78 is 6.40. The number of nitrogens with zero attached hydrogens (tertiary/aromatic N) is 4. The monoisotopic (exact) mass is 584 g/mol. The van der Waals surface area contributed by atoms with E-state index < -0.39 is 24.5 Å². The Morgan fingerprint density at radius 3 is 2.64 bits per heavy atom. The predicted molar refractivity (Wildman–Crippen MR) is 164 cm³/mol. The van der Waals surface area contributed by atoms with Crippen LogP contribution < -0.4 is 26.6 Å². The minimum Gasteiger partial charge on any atom is -0.387 e. The molecule has 234 valence electrons. The molecule has 6 aliphatic rings. The van der Waals surface area contributed by atoms with Gasteiger partial charge in [-0.1, -0.05) is 19.4 Å². The molecule has 4 aliphatic heterocycles. The third kappa shape index (κ3) is 5.14. The predicted octanol–water partition coefficient (Wildman–Crippen LogP) is 0.804. The second-order valence-corrected chi connectivity index (χ2v) is 13.8. The van der Waals surface area contributed by atoms with Crippen LogP contribution in [0.3, 0.4) is 0 Å². The zero-order valence-corrected chi connectivity index (χ0v) is 25.5. The number of benzene rings is 1. The molecular weight excluding hydrogens is 532 g/mol. The van der Waals surface area contributed by atoms with E-state index in [1.165, 1.54) is 55.5 Å². The Kier molecular flexibility index (Phi) is 8.17. The number of aliphatic hydroxyl groups is 2. The average Bonchev–Trinajstić information content (AvgIpc) is 3.58. The van der Waals surface area contributed by atoms with E-state index >= 15 is 0 Å². The Hall–Kier alpha value is -1.54. The molecule has 1 aromatic carbocycles. The number of ether oxygens (including phenoxy) is 1. The van der Waals surface area contributed by atoms with Crippen molar-refractivity contribution in [1.82, 2.24) is 25.3 Å². The summed E-state index contributed by atoms with van der Waals surface area (Å²) >= 11 is 0. The third-order valence-corrected chi connectivity index (χ3v) is 11.5. The smallest absolute Gasteiger partial charge is 0.142 e. The van der Waals surface area contributed by atoms with Crippen LogP contribution in [0.15, 0.2) is 18.2 Å². The summed E-state index contributed by atoms with van der Waals surface area (Å²) in [6, 6.07) is 7.56. The van der Waals surface area contributed by atoms with Gasteiger partial charge in [0.15, 0.2) is 0 Å². The summed E-state index contributed by atoms with van der Waals surface area (Å²) in [7, 11) is 4.37. The van der Waals surface area contributed by atoms with Crippen LogP contribution in [-0.2, 0) is 4.74 Å². The number of anilines is 2. The van der Waals surface area contributed by atoms with E-state index in [0.29, 0.717) is 32.1 Å². The van der Waals surface area contributed by atoms with Crippen molar-refractivity contribution < 1.29 is 14.9 Å². The van der Waals surface area contributed by atoms with E-state index in [9.17, 15) is 10.2 Å². The molecule has 4 heterocycles. The molecule has 0 spiro atoms. The Labute approximate surface area is 250 Å². The third-order valence-electron chi connectivity index (χ3n) is 11.5. The minimum atomic E-state index is -0.951. The molecule has 11 heteroatoms. The molecule has 0 amide bonds. The number of aliphatic hydroxyl groups excluding tert-OH is 2. The maximum Gasteiger partial charge on any atom is 0.142 e. The normalized spacial score (nSPS) is 40.6. The van der Waals surface area contributed by atoms with Crippen molar-refractivity contribution in [3.63, 3.8) is 0 Å². The topological polar surface area (TPSA) is 125 Å². The van der Waals surface area contributed by atoms with Crippen molar-refractivity contribution in [3.05, 3.63) is 23.8 Å². The molecule has 8 atom stereocenters. The number of nitrogens with two attached hydrogens (primary N) is 1. The first-order valence-electron chi connectivity index (χ1n) is 16.4. The summed E-state index contributed by atoms with van der Waals surface area (Å²) in [5.74, 6) is 1.49. The highest BCUT2D eigenvalue weighted by Gasteiger charge is 2.53. The Morgan fingerprint density at radius 1 is 1.10 bits per heavy atom. The van der Waals surface area contributed by atoms with Crippen LogP contribution in [0.2, 0.25) is 0 Å². The highest BCUT2D eigenvalue weighted by molar-refractivity contribution is 5.76. The fraction of sp³-hybridized carbons (Fsp3) is 0.806. The van der Waals surface area contributed by atoms with Gasteiger partial charge < -0.3 is 35.8 Å². The van der Waals surface area contributed by atoms with Crippen molar-refractivity contribution in [3.8, 4) is 0 Å². The molecule has 0 radical (unpaired) electrons. The first-order chi connectivity index (χ1) is 20.3. The van der Waals surface area contributed by atoms with Crippen molar-refractivity contribution in [2.75, 3.05) is 50.7 Å². The van der Waals surface area contributed by atoms with Crippen LogP contribution in [-0.4, -0.2) is 121 Å². The lowest BCUT2D eigenvalue weighted by Gasteiger charge is -2.45. The van der Waals surface area contributed by atoms with Gasteiger partial charge in [-0.3, -0.25) is 15.5 Å². The molecular formula is C31H52N8O3. The van der Waals surface area contributed by atoms with E-state index in [4.69, 9.17) is 10.5 Å². The van der Waals surface area contributed by atoms with Crippen LogP contribution in [0.5, 0.6) is 0 Å². The molecule has 11 nitrogen and oxygen atoms in total. The number of hydrogen-bond donors (Lipinski definition) is 6. The zero-order chi connectivity index (χ0) is 29.1. The Bertz CT molecular complexity index is 1100. The number of fused-ring (bicyclic) bond motifs is 2. The van der Waals surface area contributed by atoms with Gasteiger partial charge in [0.25, 0.3) is 0 Å². The highest BCUT2D eigenvalue weighted by Crippen LogP contribution is 2.43. The number of hydrogen-bond acceptors (Lipinski definition) is 11. The largest absolute Gasteiger partial charge is 0.387 e. The highest BCUT2D eigenvalue weighted by atomic mass is 16.6. The fourth-order valence-electron chi connectivity index (χ4n) is 8.29. The molecule has 2 saturated carbocycles. The lowest BCUT2D eigenvalue weighted by Crippen LogP contribution is -2.69. The molecule has 5 fully saturated rings. The maximum atomic E-state index is 11.0. The van der Waals surface area contributed by atoms with E-state index in [0.717, 1.165) is 24.8 Å². The molecule has 4 unspecified atom stereocenters. The molecule has 7 rings (SSSR count). The van der Waals surface area contributed by atoms with Crippen LogP contribution in [0.4, 0.5) is 11.4 Å². The molecule has 3 saturated heterocycles. The van der Waals surface area contributed by atoms with Crippen LogP contribution >= 0.6 is 0 Å². The molecule has 0 aromatic heterocycles. The van der Waals surface area contributed by atoms with E-state index in [1.54, 1.807) is 0 Å². The van der Waals surface area contributed by atoms with Crippen LogP contribution in [0.1, 0.15) is 63.4 Å². The zero-order valence-electron chi connectivity index (χ0n) is 25.5. The molecule has 0 bridgehead atoms. The second-order valence-electron chi connectivity index (χ2n) is 13.8. The SMILES string of the molecule is CCN1CNC(N)C2NCN([C@@H]3O[C@H](CN(C)[C@H]4C[C@H](CCC5Nc6ccc(C7CCC7)cc6N5C)C4)[C@@H](O)[C@H]3O)C21. The van der Waals surface area contributed by atoms with Gasteiger partial charge in [0.2, 0.25) is 0 Å². The first kappa shape index (κ1) is 29.2. The standard InChI is InChI=1S/C31H52N8O3/c1-4-38-16-34-29(32)26-30(38)39(17-33-26)31-28(41)27(40)24(42-31)15-36(2)21-12-18(13-21)8-11-25-35-22-10-9-20(19-6-5-7-19)14-23(22)37(25)3/h9-10,14,18-19,21,24-31,33-35,40-41H,4-8,11-13,15-17,32H2,1-3H3/t18-,21-,24-,25?,26?,27-,28-,29?,30?,31-/m1/s1. The summed E-state index contributed by atoms with van der Waals surface area (Å²) in [5, 5.41) is 32.6. The summed E-state index contributed by atoms with van der Waals surface area (Å²) in [5.41, 5.74) is 10.5. The van der Waals surface area contributed by atoms with Gasteiger partial charge in [-0.15, -0.1) is 0 Å². The maximum absolute atomic E-state index is 11.0. The van der Waals surface area contributed by atoms with E-state index in [2.05, 4.69) is 74.8 Å². The molecule has 42 heavy (non-hydrogen) atoms. The van der Waals surface area contributed by atoms with Gasteiger partial charge in [-0.2, -0.15) is 0 Å². The van der Waals surface area contributed by atoms with Gasteiger partial charge in [0.05, 0.1) is 49.3 Å². The van der Waals surface area contributed by atoms with Crippen molar-refractivity contribution >= 4 is 11.4 Å². The van der Waals surface area contributed by atoms with Crippen molar-refractivity contribution in [1.29, 1.82) is 0 Å². The van der Waals surface area contributed by atoms with Gasteiger partial charge in [0, 0.05) is 19.6 Å². The van der Waals surface area contributed by atoms with E-state index in [1.807, 2.05) is 0 Å². The number of rotatable bonds is 9. The average molecular weight is 585 g/mol. The second kappa shape index (κ2) is 11.8. The van der Waals surface area contributed by atoms with Gasteiger partial charge in [-0.05, 0) is 81.6 Å². The van der Waals surface area contributed by atoms with Crippen LogP contribution in [0, 0.1) is 5.92 Å².